The molecule has 2 aromatic carbocycles. The lowest BCUT2D eigenvalue weighted by molar-refractivity contribution is 0.414. The summed E-state index contributed by atoms with van der Waals surface area (Å²) in [5.74, 6) is 0.387. The zero-order valence-electron chi connectivity index (χ0n) is 17.0. The minimum atomic E-state index is -3.89. The second kappa shape index (κ2) is 10.0. The Kier molecular flexibility index (Phi) is 7.42. The molecule has 0 aliphatic rings. The molecule has 0 unspecified atom stereocenters. The summed E-state index contributed by atoms with van der Waals surface area (Å²) in [7, 11) is -6.09. The van der Waals surface area contributed by atoms with Crippen molar-refractivity contribution in [2.45, 2.75) is 16.6 Å². The number of aryl methyl sites for hydroxylation is 1. The molecule has 1 N–H and O–H groups in total. The Morgan fingerprint density at radius 2 is 1.65 bits per heavy atom. The molecule has 0 saturated heterocycles. The Morgan fingerprint density at radius 1 is 0.935 bits per heavy atom. The van der Waals surface area contributed by atoms with E-state index in [-0.39, 0.29) is 17.2 Å². The van der Waals surface area contributed by atoms with Crippen LogP contribution in [0, 0.1) is 0 Å². The summed E-state index contributed by atoms with van der Waals surface area (Å²) in [5.41, 5.74) is 1.30. The summed E-state index contributed by atoms with van der Waals surface area (Å²) >= 11 is 0. The van der Waals surface area contributed by atoms with Crippen molar-refractivity contribution >= 4 is 19.9 Å². The summed E-state index contributed by atoms with van der Waals surface area (Å²) in [5, 5.41) is -1.12. The highest BCUT2D eigenvalue weighted by Crippen LogP contribution is 2.29. The van der Waals surface area contributed by atoms with Gasteiger partial charge in [-0.1, -0.05) is 36.4 Å². The van der Waals surface area contributed by atoms with E-state index in [2.05, 4.69) is 9.71 Å². The number of sulfone groups is 1. The number of ether oxygens (including phenoxy) is 1. The molecule has 0 spiro atoms. The van der Waals surface area contributed by atoms with E-state index in [1.807, 2.05) is 30.3 Å². The number of pyridine rings is 1. The van der Waals surface area contributed by atoms with Gasteiger partial charge in [0.15, 0.2) is 9.84 Å². The Hall–Kier alpha value is -2.75. The number of benzene rings is 2. The molecule has 0 amide bonds. The van der Waals surface area contributed by atoms with Gasteiger partial charge >= 0.3 is 0 Å². The third-order valence-corrected chi connectivity index (χ3v) is 8.27. The minimum Gasteiger partial charge on any atom is -0.497 e. The first-order valence-electron chi connectivity index (χ1n) is 9.61. The predicted octanol–water partition coefficient (Wildman–Crippen LogP) is 2.77. The molecule has 1 heterocycles. The van der Waals surface area contributed by atoms with Gasteiger partial charge in [0.1, 0.15) is 11.0 Å². The van der Waals surface area contributed by atoms with E-state index in [9.17, 15) is 16.8 Å². The fourth-order valence-electron chi connectivity index (χ4n) is 3.07. The molecule has 31 heavy (non-hydrogen) atoms. The highest BCUT2D eigenvalue weighted by molar-refractivity contribution is 7.92. The fraction of sp³-hybridized carbons (Fsp3) is 0.227. The smallest absolute Gasteiger partial charge is 0.211 e. The van der Waals surface area contributed by atoms with Crippen LogP contribution in [-0.2, 0) is 26.3 Å². The van der Waals surface area contributed by atoms with Crippen molar-refractivity contribution in [2.24, 2.45) is 0 Å². The Balaban J connectivity index is 1.81. The molecule has 164 valence electrons. The maximum atomic E-state index is 13.3. The molecule has 0 bridgehead atoms. The van der Waals surface area contributed by atoms with Crippen LogP contribution >= 0.6 is 0 Å². The zero-order valence-corrected chi connectivity index (χ0v) is 18.6. The number of rotatable bonds is 10. The van der Waals surface area contributed by atoms with E-state index in [0.717, 1.165) is 5.56 Å². The van der Waals surface area contributed by atoms with Crippen LogP contribution < -0.4 is 9.46 Å². The Bertz CT molecular complexity index is 1180. The standard InChI is InChI=1S/C22H24N2O5S2/c1-29-20-9-11-21(12-10-20)31(27,28)22(19-8-5-14-23-16-19)17-24-30(25,26)15-13-18-6-3-2-4-7-18/h2-12,14,16,22,24H,13,15,17H2,1H3/t22-/m0/s1. The lowest BCUT2D eigenvalue weighted by atomic mass is 10.2. The van der Waals surface area contributed by atoms with Crippen LogP contribution in [0.4, 0.5) is 0 Å². The van der Waals surface area contributed by atoms with Gasteiger partial charge in [-0.3, -0.25) is 4.98 Å². The van der Waals surface area contributed by atoms with Gasteiger partial charge in [0.2, 0.25) is 10.0 Å². The lowest BCUT2D eigenvalue weighted by Gasteiger charge is -2.19. The summed E-state index contributed by atoms with van der Waals surface area (Å²) in [4.78, 5) is 4.07. The molecule has 1 atom stereocenters. The average Bonchev–Trinajstić information content (AvgIpc) is 2.79. The van der Waals surface area contributed by atoms with Gasteiger partial charge in [-0.25, -0.2) is 21.6 Å². The summed E-state index contributed by atoms with van der Waals surface area (Å²) in [6.07, 6.45) is 3.30. The molecule has 7 nitrogen and oxygen atoms in total. The number of nitrogens with one attached hydrogen (secondary N) is 1. The molecule has 3 rings (SSSR count). The van der Waals surface area contributed by atoms with Crippen molar-refractivity contribution in [2.75, 3.05) is 19.4 Å². The molecular weight excluding hydrogens is 436 g/mol. The van der Waals surface area contributed by atoms with Crippen molar-refractivity contribution in [3.63, 3.8) is 0 Å². The molecule has 0 aliphatic carbocycles. The SMILES string of the molecule is COc1ccc(S(=O)(=O)[C@@H](CNS(=O)(=O)CCc2ccccc2)c2cccnc2)cc1. The van der Waals surface area contributed by atoms with E-state index in [1.54, 1.807) is 24.3 Å². The number of methoxy groups -OCH3 is 1. The van der Waals surface area contributed by atoms with Crippen LogP contribution in [0.1, 0.15) is 16.4 Å². The van der Waals surface area contributed by atoms with Gasteiger partial charge in [-0.05, 0) is 47.9 Å². The van der Waals surface area contributed by atoms with Crippen LogP contribution in [0.5, 0.6) is 5.75 Å². The van der Waals surface area contributed by atoms with Gasteiger partial charge < -0.3 is 4.74 Å². The molecule has 9 heteroatoms. The van der Waals surface area contributed by atoms with Gasteiger partial charge in [0, 0.05) is 18.9 Å². The van der Waals surface area contributed by atoms with Crippen LogP contribution in [0.2, 0.25) is 0 Å². The molecular formula is C22H24N2O5S2. The fourth-order valence-corrected chi connectivity index (χ4v) is 5.89. The van der Waals surface area contributed by atoms with Crippen LogP contribution in [0.25, 0.3) is 0 Å². The quantitative estimate of drug-likeness (QED) is 0.499. The van der Waals surface area contributed by atoms with E-state index in [1.165, 1.54) is 31.6 Å². The Morgan fingerprint density at radius 3 is 2.26 bits per heavy atom. The second-order valence-electron chi connectivity index (χ2n) is 6.90. The summed E-state index contributed by atoms with van der Waals surface area (Å²) < 4.78 is 59.3. The minimum absolute atomic E-state index is 0.0747. The highest BCUT2D eigenvalue weighted by Gasteiger charge is 2.30. The Labute approximate surface area is 183 Å². The maximum absolute atomic E-state index is 13.3. The number of nitrogens with zero attached hydrogens (tertiary/aromatic N) is 1. The van der Waals surface area contributed by atoms with Crippen molar-refractivity contribution in [1.29, 1.82) is 0 Å². The average molecular weight is 461 g/mol. The van der Waals surface area contributed by atoms with Crippen molar-refractivity contribution in [3.05, 3.63) is 90.3 Å². The van der Waals surface area contributed by atoms with Gasteiger partial charge in [0.05, 0.1) is 17.8 Å². The first kappa shape index (κ1) is 22.9. The maximum Gasteiger partial charge on any atom is 0.211 e. The molecule has 0 fully saturated rings. The van der Waals surface area contributed by atoms with Gasteiger partial charge in [-0.2, -0.15) is 0 Å². The number of sulfonamides is 1. The number of hydrogen-bond acceptors (Lipinski definition) is 6. The summed E-state index contributed by atoms with van der Waals surface area (Å²) in [6.45, 7) is -0.294. The summed E-state index contributed by atoms with van der Waals surface area (Å²) in [6, 6.07) is 18.5. The zero-order chi connectivity index (χ0) is 22.3. The normalized spacial score (nSPS) is 12.9. The molecule has 0 aliphatic heterocycles. The van der Waals surface area contributed by atoms with E-state index in [4.69, 9.17) is 4.74 Å². The molecule has 0 saturated carbocycles. The predicted molar refractivity (Wildman–Crippen MR) is 119 cm³/mol. The van der Waals surface area contributed by atoms with E-state index in [0.29, 0.717) is 17.7 Å². The largest absolute Gasteiger partial charge is 0.497 e. The third kappa shape index (κ3) is 6.13. The van der Waals surface area contributed by atoms with Crippen LogP contribution in [-0.4, -0.2) is 41.2 Å². The molecule has 1 aromatic heterocycles. The van der Waals surface area contributed by atoms with Crippen molar-refractivity contribution < 1.29 is 21.6 Å². The lowest BCUT2D eigenvalue weighted by Crippen LogP contribution is -2.34. The van der Waals surface area contributed by atoms with Crippen LogP contribution in [0.15, 0.2) is 84.0 Å². The van der Waals surface area contributed by atoms with Crippen molar-refractivity contribution in [3.8, 4) is 5.75 Å². The number of aromatic nitrogens is 1. The second-order valence-corrected chi connectivity index (χ2v) is 11.0. The van der Waals surface area contributed by atoms with Crippen molar-refractivity contribution in [1.82, 2.24) is 9.71 Å². The molecule has 0 radical (unpaired) electrons. The topological polar surface area (TPSA) is 102 Å². The molecule has 3 aromatic rings. The first-order chi connectivity index (χ1) is 14.8. The van der Waals surface area contributed by atoms with E-state index < -0.39 is 25.1 Å². The first-order valence-corrected chi connectivity index (χ1v) is 12.8. The van der Waals surface area contributed by atoms with E-state index >= 15 is 0 Å². The highest BCUT2D eigenvalue weighted by atomic mass is 32.2. The monoisotopic (exact) mass is 460 g/mol. The van der Waals surface area contributed by atoms with Gasteiger partial charge in [0.25, 0.3) is 0 Å². The number of hydrogen-bond donors (Lipinski definition) is 1. The third-order valence-electron chi connectivity index (χ3n) is 4.81. The van der Waals surface area contributed by atoms with Gasteiger partial charge in [-0.15, -0.1) is 0 Å². The van der Waals surface area contributed by atoms with Crippen LogP contribution in [0.3, 0.4) is 0 Å².